The largest absolute Gasteiger partial charge is 0.377 e. The molecule has 0 radical (unpaired) electrons. The maximum atomic E-state index is 9.12. The fourth-order valence-corrected chi connectivity index (χ4v) is 2.27. The van der Waals surface area contributed by atoms with Gasteiger partial charge < -0.3 is 5.32 Å². The van der Waals surface area contributed by atoms with E-state index in [1.54, 1.807) is 0 Å². The van der Waals surface area contributed by atoms with Gasteiger partial charge in [-0.05, 0) is 37.6 Å². The van der Waals surface area contributed by atoms with Gasteiger partial charge in [0.1, 0.15) is 6.07 Å². The van der Waals surface area contributed by atoms with Gasteiger partial charge in [-0.1, -0.05) is 45.8 Å². The van der Waals surface area contributed by atoms with Gasteiger partial charge in [-0.2, -0.15) is 5.26 Å². The predicted molar refractivity (Wildman–Crippen MR) is 82.1 cm³/mol. The molecule has 0 saturated carbocycles. The molecule has 0 aliphatic heterocycles. The van der Waals surface area contributed by atoms with Gasteiger partial charge in [0.2, 0.25) is 0 Å². The normalized spacial score (nSPS) is 11.7. The van der Waals surface area contributed by atoms with E-state index in [-0.39, 0.29) is 6.04 Å². The molecule has 0 saturated heterocycles. The number of nitrogens with one attached hydrogen (secondary N) is 1. The lowest BCUT2D eigenvalue weighted by atomic mass is 10.1. The molecule has 0 spiro atoms. The second-order valence-electron chi connectivity index (χ2n) is 4.58. The van der Waals surface area contributed by atoms with Crippen LogP contribution in [0.3, 0.4) is 0 Å². The summed E-state index contributed by atoms with van der Waals surface area (Å²) in [7, 11) is 0. The van der Waals surface area contributed by atoms with Gasteiger partial charge in [-0.3, -0.25) is 0 Å². The summed E-state index contributed by atoms with van der Waals surface area (Å²) in [6.45, 7) is 4.16. The molecule has 0 bridgehead atoms. The molecule has 2 aromatic rings. The third-order valence-electron chi connectivity index (χ3n) is 3.05. The van der Waals surface area contributed by atoms with Crippen LogP contribution in [0.1, 0.15) is 29.7 Å². The van der Waals surface area contributed by atoms with E-state index in [0.717, 1.165) is 10.2 Å². The lowest BCUT2D eigenvalue weighted by Gasteiger charge is -2.17. The Morgan fingerprint density at radius 1 is 1.16 bits per heavy atom. The SMILES string of the molecule is Cc1ccc(C(C)Nc2cc(Br)ccc2C#N)cc1. The summed E-state index contributed by atoms with van der Waals surface area (Å²) < 4.78 is 0.963. The molecular weight excluding hydrogens is 300 g/mol. The summed E-state index contributed by atoms with van der Waals surface area (Å²) in [5.41, 5.74) is 3.96. The van der Waals surface area contributed by atoms with Crippen LogP contribution < -0.4 is 5.32 Å². The maximum Gasteiger partial charge on any atom is 0.101 e. The molecule has 0 aromatic heterocycles. The number of hydrogen-bond donors (Lipinski definition) is 1. The Morgan fingerprint density at radius 2 is 1.84 bits per heavy atom. The molecule has 2 aromatic carbocycles. The molecule has 1 atom stereocenters. The van der Waals surface area contributed by atoms with Crippen molar-refractivity contribution in [3.05, 3.63) is 63.6 Å². The molecule has 0 aliphatic carbocycles. The maximum absolute atomic E-state index is 9.12. The van der Waals surface area contributed by atoms with E-state index in [4.69, 9.17) is 5.26 Å². The van der Waals surface area contributed by atoms with Crippen LogP contribution in [0.5, 0.6) is 0 Å². The molecule has 0 fully saturated rings. The minimum absolute atomic E-state index is 0.155. The van der Waals surface area contributed by atoms with Gasteiger partial charge in [0.05, 0.1) is 11.3 Å². The van der Waals surface area contributed by atoms with E-state index >= 15 is 0 Å². The van der Waals surface area contributed by atoms with Gasteiger partial charge in [-0.15, -0.1) is 0 Å². The Labute approximate surface area is 122 Å². The van der Waals surface area contributed by atoms with Crippen LogP contribution in [-0.4, -0.2) is 0 Å². The highest BCUT2D eigenvalue weighted by Crippen LogP contribution is 2.25. The van der Waals surface area contributed by atoms with E-state index in [1.165, 1.54) is 11.1 Å². The number of halogens is 1. The van der Waals surface area contributed by atoms with Crippen molar-refractivity contribution >= 4 is 21.6 Å². The average molecular weight is 315 g/mol. The molecule has 3 heteroatoms. The fraction of sp³-hybridized carbons (Fsp3) is 0.188. The van der Waals surface area contributed by atoms with Gasteiger partial charge in [0.25, 0.3) is 0 Å². The van der Waals surface area contributed by atoms with Gasteiger partial charge >= 0.3 is 0 Å². The highest BCUT2D eigenvalue weighted by molar-refractivity contribution is 9.10. The van der Waals surface area contributed by atoms with Gasteiger partial charge in [0.15, 0.2) is 0 Å². The minimum atomic E-state index is 0.155. The third kappa shape index (κ3) is 3.36. The molecule has 0 amide bonds. The zero-order chi connectivity index (χ0) is 13.8. The Hall–Kier alpha value is -1.79. The van der Waals surface area contributed by atoms with Crippen LogP contribution in [0.2, 0.25) is 0 Å². The van der Waals surface area contributed by atoms with Crippen molar-refractivity contribution in [1.29, 1.82) is 5.26 Å². The summed E-state index contributed by atoms with van der Waals surface area (Å²) in [6.07, 6.45) is 0. The summed E-state index contributed by atoms with van der Waals surface area (Å²) in [5.74, 6) is 0. The zero-order valence-corrected chi connectivity index (χ0v) is 12.5. The Morgan fingerprint density at radius 3 is 2.47 bits per heavy atom. The first kappa shape index (κ1) is 13.6. The van der Waals surface area contributed by atoms with Gasteiger partial charge in [-0.25, -0.2) is 0 Å². The van der Waals surface area contributed by atoms with Crippen molar-refractivity contribution in [2.75, 3.05) is 5.32 Å². The number of anilines is 1. The Kier molecular flexibility index (Phi) is 4.24. The molecule has 2 rings (SSSR count). The number of rotatable bonds is 3. The lowest BCUT2D eigenvalue weighted by molar-refractivity contribution is 0.883. The van der Waals surface area contributed by atoms with Crippen LogP contribution in [0.25, 0.3) is 0 Å². The first-order valence-corrected chi connectivity index (χ1v) is 6.92. The average Bonchev–Trinajstić information content (AvgIpc) is 2.39. The van der Waals surface area contributed by atoms with Gasteiger partial charge in [0, 0.05) is 10.5 Å². The molecule has 0 heterocycles. The molecular formula is C16H15BrN2. The summed E-state index contributed by atoms with van der Waals surface area (Å²) in [6, 6.07) is 16.4. The van der Waals surface area contributed by atoms with Crippen molar-refractivity contribution in [3.63, 3.8) is 0 Å². The first-order chi connectivity index (χ1) is 9.10. The van der Waals surface area contributed by atoms with E-state index in [9.17, 15) is 0 Å². The Balaban J connectivity index is 2.23. The van der Waals surface area contributed by atoms with Crippen LogP contribution in [0.4, 0.5) is 5.69 Å². The van der Waals surface area contributed by atoms with Crippen molar-refractivity contribution in [2.45, 2.75) is 19.9 Å². The number of nitrogens with zero attached hydrogens (tertiary/aromatic N) is 1. The van der Waals surface area contributed by atoms with Crippen LogP contribution in [0.15, 0.2) is 46.9 Å². The van der Waals surface area contributed by atoms with Crippen molar-refractivity contribution in [3.8, 4) is 6.07 Å². The predicted octanol–water partition coefficient (Wildman–Crippen LogP) is 4.80. The highest BCUT2D eigenvalue weighted by atomic mass is 79.9. The van der Waals surface area contributed by atoms with Crippen LogP contribution in [0, 0.1) is 18.3 Å². The second-order valence-corrected chi connectivity index (χ2v) is 5.49. The number of aryl methyl sites for hydroxylation is 1. The quantitative estimate of drug-likeness (QED) is 0.883. The minimum Gasteiger partial charge on any atom is -0.377 e. The molecule has 19 heavy (non-hydrogen) atoms. The van der Waals surface area contributed by atoms with Crippen molar-refractivity contribution in [1.82, 2.24) is 0 Å². The summed E-state index contributed by atoms with van der Waals surface area (Å²) in [4.78, 5) is 0. The Bertz CT molecular complexity index is 612. The van der Waals surface area contributed by atoms with Crippen LogP contribution >= 0.6 is 15.9 Å². The highest BCUT2D eigenvalue weighted by Gasteiger charge is 2.08. The smallest absolute Gasteiger partial charge is 0.101 e. The van der Waals surface area contributed by atoms with Crippen molar-refractivity contribution in [2.24, 2.45) is 0 Å². The van der Waals surface area contributed by atoms with E-state index in [0.29, 0.717) is 5.56 Å². The first-order valence-electron chi connectivity index (χ1n) is 6.13. The zero-order valence-electron chi connectivity index (χ0n) is 10.9. The molecule has 2 nitrogen and oxygen atoms in total. The summed E-state index contributed by atoms with van der Waals surface area (Å²) >= 11 is 3.43. The van der Waals surface area contributed by atoms with E-state index < -0.39 is 0 Å². The monoisotopic (exact) mass is 314 g/mol. The lowest BCUT2D eigenvalue weighted by Crippen LogP contribution is -2.07. The van der Waals surface area contributed by atoms with E-state index in [1.807, 2.05) is 18.2 Å². The molecule has 1 unspecified atom stereocenters. The third-order valence-corrected chi connectivity index (χ3v) is 3.54. The number of nitriles is 1. The molecule has 96 valence electrons. The number of hydrogen-bond acceptors (Lipinski definition) is 2. The fourth-order valence-electron chi connectivity index (χ4n) is 1.91. The standard InChI is InChI=1S/C16H15BrN2/c1-11-3-5-13(6-4-11)12(2)19-16-9-15(17)8-7-14(16)10-18/h3-9,12,19H,1-2H3. The number of benzene rings is 2. The topological polar surface area (TPSA) is 35.8 Å². The summed E-state index contributed by atoms with van der Waals surface area (Å²) in [5, 5.41) is 12.5. The van der Waals surface area contributed by atoms with Crippen molar-refractivity contribution < 1.29 is 0 Å². The van der Waals surface area contributed by atoms with Crippen LogP contribution in [-0.2, 0) is 0 Å². The molecule has 0 aliphatic rings. The molecule has 1 N–H and O–H groups in total. The van der Waals surface area contributed by atoms with E-state index in [2.05, 4.69) is 65.4 Å². The second kappa shape index (κ2) is 5.90.